The van der Waals surface area contributed by atoms with Gasteiger partial charge in [-0.05, 0) is 44.0 Å². The van der Waals surface area contributed by atoms with Gasteiger partial charge < -0.3 is 15.6 Å². The average Bonchev–Trinajstić information content (AvgIpc) is 2.20. The van der Waals surface area contributed by atoms with E-state index in [-0.39, 0.29) is 6.61 Å². The van der Waals surface area contributed by atoms with Crippen molar-refractivity contribution in [1.82, 2.24) is 0 Å². The third-order valence-electron chi connectivity index (χ3n) is 2.51. The van der Waals surface area contributed by atoms with Crippen LogP contribution in [0.4, 0.5) is 0 Å². The second kappa shape index (κ2) is 4.53. The first-order valence-electron chi connectivity index (χ1n) is 5.05. The van der Waals surface area contributed by atoms with Gasteiger partial charge in [-0.15, -0.1) is 0 Å². The van der Waals surface area contributed by atoms with Crippen LogP contribution in [0.25, 0.3) is 0 Å². The molecular weight excluding hydrogens is 206 g/mol. The standard InChI is InChI=1S/C12H17NO3/c1-8-4-5-10(6-9(8)2)16-7-12(3,13)11(14)15/h4-6H,7,13H2,1-3H3,(H,14,15). The maximum absolute atomic E-state index is 10.8. The highest BCUT2D eigenvalue weighted by Gasteiger charge is 2.28. The topological polar surface area (TPSA) is 72.5 Å². The quantitative estimate of drug-likeness (QED) is 0.811. The van der Waals surface area contributed by atoms with Crippen LogP contribution in [-0.2, 0) is 4.79 Å². The van der Waals surface area contributed by atoms with Gasteiger partial charge in [-0.3, -0.25) is 4.79 Å². The van der Waals surface area contributed by atoms with E-state index >= 15 is 0 Å². The van der Waals surface area contributed by atoms with Gasteiger partial charge in [0.25, 0.3) is 0 Å². The summed E-state index contributed by atoms with van der Waals surface area (Å²) in [5.74, 6) is -0.433. The van der Waals surface area contributed by atoms with Crippen LogP contribution >= 0.6 is 0 Å². The maximum Gasteiger partial charge on any atom is 0.326 e. The minimum Gasteiger partial charge on any atom is -0.491 e. The first-order chi connectivity index (χ1) is 7.33. The Labute approximate surface area is 95.0 Å². The van der Waals surface area contributed by atoms with Gasteiger partial charge in [-0.2, -0.15) is 0 Å². The zero-order valence-corrected chi connectivity index (χ0v) is 9.78. The van der Waals surface area contributed by atoms with Gasteiger partial charge in [0.15, 0.2) is 0 Å². The third kappa shape index (κ3) is 2.97. The predicted molar refractivity (Wildman–Crippen MR) is 61.6 cm³/mol. The molecule has 1 aromatic rings. The van der Waals surface area contributed by atoms with Crippen LogP contribution in [0, 0.1) is 13.8 Å². The van der Waals surface area contributed by atoms with Crippen molar-refractivity contribution in [2.45, 2.75) is 26.3 Å². The molecule has 1 unspecified atom stereocenters. The zero-order valence-electron chi connectivity index (χ0n) is 9.78. The lowest BCUT2D eigenvalue weighted by Gasteiger charge is -2.19. The fraction of sp³-hybridized carbons (Fsp3) is 0.417. The fourth-order valence-electron chi connectivity index (χ4n) is 1.10. The summed E-state index contributed by atoms with van der Waals surface area (Å²) in [7, 11) is 0. The van der Waals surface area contributed by atoms with Gasteiger partial charge in [0, 0.05) is 0 Å². The molecule has 3 N–H and O–H groups in total. The van der Waals surface area contributed by atoms with Crippen molar-refractivity contribution >= 4 is 5.97 Å². The summed E-state index contributed by atoms with van der Waals surface area (Å²) in [6.07, 6.45) is 0. The molecule has 4 nitrogen and oxygen atoms in total. The molecule has 16 heavy (non-hydrogen) atoms. The van der Waals surface area contributed by atoms with Crippen LogP contribution in [0.2, 0.25) is 0 Å². The minimum atomic E-state index is -1.36. The second-order valence-electron chi connectivity index (χ2n) is 4.26. The van der Waals surface area contributed by atoms with E-state index in [9.17, 15) is 4.79 Å². The highest BCUT2D eigenvalue weighted by molar-refractivity contribution is 5.78. The monoisotopic (exact) mass is 223 g/mol. The molecule has 0 spiro atoms. The van der Waals surface area contributed by atoms with Crippen molar-refractivity contribution in [2.24, 2.45) is 5.73 Å². The smallest absolute Gasteiger partial charge is 0.326 e. The first kappa shape index (κ1) is 12.5. The summed E-state index contributed by atoms with van der Waals surface area (Å²) in [5, 5.41) is 8.81. The molecule has 1 aromatic carbocycles. The maximum atomic E-state index is 10.8. The molecule has 0 aromatic heterocycles. The van der Waals surface area contributed by atoms with Gasteiger partial charge in [0.2, 0.25) is 0 Å². The molecular formula is C12H17NO3. The molecule has 0 fully saturated rings. The second-order valence-corrected chi connectivity index (χ2v) is 4.26. The van der Waals surface area contributed by atoms with Crippen molar-refractivity contribution in [3.63, 3.8) is 0 Å². The number of carboxylic acid groups (broad SMARTS) is 1. The molecule has 4 heteroatoms. The van der Waals surface area contributed by atoms with Gasteiger partial charge >= 0.3 is 5.97 Å². The summed E-state index contributed by atoms with van der Waals surface area (Å²) in [6.45, 7) is 5.35. The number of hydrogen-bond acceptors (Lipinski definition) is 3. The van der Waals surface area contributed by atoms with Crippen LogP contribution in [0.5, 0.6) is 5.75 Å². The van der Waals surface area contributed by atoms with Crippen LogP contribution in [0.1, 0.15) is 18.1 Å². The number of ether oxygens (including phenoxy) is 1. The molecule has 0 aliphatic rings. The van der Waals surface area contributed by atoms with Crippen LogP contribution in [0.3, 0.4) is 0 Å². The van der Waals surface area contributed by atoms with E-state index in [1.807, 2.05) is 26.0 Å². The van der Waals surface area contributed by atoms with Crippen molar-refractivity contribution in [2.75, 3.05) is 6.61 Å². The molecule has 0 radical (unpaired) electrons. The van der Waals surface area contributed by atoms with Crippen molar-refractivity contribution in [3.05, 3.63) is 29.3 Å². The van der Waals surface area contributed by atoms with E-state index in [4.69, 9.17) is 15.6 Å². The Morgan fingerprint density at radius 1 is 1.44 bits per heavy atom. The zero-order chi connectivity index (χ0) is 12.3. The SMILES string of the molecule is Cc1ccc(OCC(C)(N)C(=O)O)cc1C. The number of nitrogens with two attached hydrogens (primary N) is 1. The summed E-state index contributed by atoms with van der Waals surface area (Å²) in [4.78, 5) is 10.8. The van der Waals surface area contributed by atoms with E-state index in [2.05, 4.69) is 0 Å². The molecule has 0 saturated carbocycles. The van der Waals surface area contributed by atoms with Crippen molar-refractivity contribution in [1.29, 1.82) is 0 Å². The largest absolute Gasteiger partial charge is 0.491 e. The summed E-state index contributed by atoms with van der Waals surface area (Å²) >= 11 is 0. The third-order valence-corrected chi connectivity index (χ3v) is 2.51. The Morgan fingerprint density at radius 2 is 2.06 bits per heavy atom. The normalized spacial score (nSPS) is 14.2. The summed E-state index contributed by atoms with van der Waals surface area (Å²) in [6, 6.07) is 5.60. The number of aliphatic carboxylic acids is 1. The van der Waals surface area contributed by atoms with Gasteiger partial charge in [-0.25, -0.2) is 0 Å². The minimum absolute atomic E-state index is 0.0508. The van der Waals surface area contributed by atoms with Gasteiger partial charge in [-0.1, -0.05) is 6.07 Å². The highest BCUT2D eigenvalue weighted by atomic mass is 16.5. The highest BCUT2D eigenvalue weighted by Crippen LogP contribution is 2.17. The van der Waals surface area contributed by atoms with E-state index < -0.39 is 11.5 Å². The van der Waals surface area contributed by atoms with E-state index in [0.29, 0.717) is 5.75 Å². The Balaban J connectivity index is 2.68. The molecule has 0 bridgehead atoms. The molecule has 0 heterocycles. The fourth-order valence-corrected chi connectivity index (χ4v) is 1.10. The van der Waals surface area contributed by atoms with Crippen molar-refractivity contribution < 1.29 is 14.6 Å². The van der Waals surface area contributed by atoms with Gasteiger partial charge in [0.1, 0.15) is 17.9 Å². The lowest BCUT2D eigenvalue weighted by molar-refractivity contribution is -0.143. The number of carbonyl (C=O) groups is 1. The number of hydrogen-bond donors (Lipinski definition) is 2. The Bertz CT molecular complexity index is 399. The molecule has 1 rings (SSSR count). The number of rotatable bonds is 4. The first-order valence-corrected chi connectivity index (χ1v) is 5.05. The van der Waals surface area contributed by atoms with Crippen LogP contribution in [-0.4, -0.2) is 23.2 Å². The summed E-state index contributed by atoms with van der Waals surface area (Å²) in [5.41, 5.74) is 6.46. The lowest BCUT2D eigenvalue weighted by Crippen LogP contribution is -2.49. The van der Waals surface area contributed by atoms with E-state index in [1.165, 1.54) is 12.5 Å². The lowest BCUT2D eigenvalue weighted by atomic mass is 10.1. The summed E-state index contributed by atoms with van der Waals surface area (Å²) < 4.78 is 5.36. The molecule has 1 atom stereocenters. The Hall–Kier alpha value is -1.55. The molecule has 0 amide bonds. The van der Waals surface area contributed by atoms with Gasteiger partial charge in [0.05, 0.1) is 0 Å². The number of carboxylic acids is 1. The molecule has 88 valence electrons. The number of aryl methyl sites for hydroxylation is 2. The van der Waals surface area contributed by atoms with Crippen LogP contribution < -0.4 is 10.5 Å². The van der Waals surface area contributed by atoms with Crippen molar-refractivity contribution in [3.8, 4) is 5.75 Å². The molecule has 0 aliphatic carbocycles. The predicted octanol–water partition coefficient (Wildman–Crippen LogP) is 1.48. The van der Waals surface area contributed by atoms with E-state index in [0.717, 1.165) is 5.56 Å². The van der Waals surface area contributed by atoms with Crippen LogP contribution in [0.15, 0.2) is 18.2 Å². The number of benzene rings is 1. The van der Waals surface area contributed by atoms with E-state index in [1.54, 1.807) is 6.07 Å². The molecule has 0 aliphatic heterocycles. The molecule has 0 saturated heterocycles. The Kier molecular flexibility index (Phi) is 3.55. The average molecular weight is 223 g/mol. The Morgan fingerprint density at radius 3 is 2.56 bits per heavy atom.